The van der Waals surface area contributed by atoms with Gasteiger partial charge in [-0.25, -0.2) is 4.98 Å². The van der Waals surface area contributed by atoms with E-state index in [0.717, 1.165) is 35.5 Å². The zero-order chi connectivity index (χ0) is 18.8. The molecule has 25 heavy (non-hydrogen) atoms. The molecule has 0 spiro atoms. The van der Waals surface area contributed by atoms with E-state index in [1.54, 1.807) is 11.3 Å². The van der Waals surface area contributed by atoms with Crippen molar-refractivity contribution in [3.05, 3.63) is 33.3 Å². The Bertz CT molecular complexity index is 604. The molecule has 1 rings (SSSR count). The standard InChI is InChI=1S/C20H31NO3S/c1-14(7-6-8-15(2)12-22)9-10-20(24-18(5)23)16(3)11-19-13-25-17(4)21-19/h9,11,13,15,20,22H,6-8,10,12H2,1-5H3/b14-9+,16-11+. The first-order valence-electron chi connectivity index (χ1n) is 8.85. The van der Waals surface area contributed by atoms with Crippen LogP contribution < -0.4 is 0 Å². The molecule has 0 saturated heterocycles. The van der Waals surface area contributed by atoms with Gasteiger partial charge in [-0.2, -0.15) is 0 Å². The van der Waals surface area contributed by atoms with Gasteiger partial charge < -0.3 is 9.84 Å². The lowest BCUT2D eigenvalue weighted by Crippen LogP contribution is -2.17. The molecule has 0 bridgehead atoms. The van der Waals surface area contributed by atoms with E-state index in [2.05, 4.69) is 24.9 Å². The van der Waals surface area contributed by atoms with Crippen LogP contribution in [0.15, 0.2) is 22.6 Å². The maximum atomic E-state index is 11.4. The van der Waals surface area contributed by atoms with E-state index in [-0.39, 0.29) is 18.7 Å². The molecular formula is C20H31NO3S. The molecule has 0 amide bonds. The fourth-order valence-electron chi connectivity index (χ4n) is 2.53. The summed E-state index contributed by atoms with van der Waals surface area (Å²) in [6, 6.07) is 0. The fourth-order valence-corrected chi connectivity index (χ4v) is 3.10. The zero-order valence-electron chi connectivity index (χ0n) is 16.0. The molecule has 0 aromatic carbocycles. The van der Waals surface area contributed by atoms with Crippen LogP contribution in [0, 0.1) is 12.8 Å². The minimum atomic E-state index is -0.268. The lowest BCUT2D eigenvalue weighted by Gasteiger charge is -2.17. The molecule has 2 atom stereocenters. The van der Waals surface area contributed by atoms with Crippen molar-refractivity contribution in [2.75, 3.05) is 6.61 Å². The Morgan fingerprint density at radius 1 is 1.40 bits per heavy atom. The highest BCUT2D eigenvalue weighted by molar-refractivity contribution is 7.09. The molecule has 0 aliphatic heterocycles. The first kappa shape index (κ1) is 21.6. The van der Waals surface area contributed by atoms with Crippen molar-refractivity contribution in [1.82, 2.24) is 4.98 Å². The van der Waals surface area contributed by atoms with Crippen LogP contribution in [0.3, 0.4) is 0 Å². The number of hydrogen-bond acceptors (Lipinski definition) is 5. The quantitative estimate of drug-likeness (QED) is 0.472. The second-order valence-corrected chi connectivity index (χ2v) is 7.81. The molecule has 140 valence electrons. The monoisotopic (exact) mass is 365 g/mol. The summed E-state index contributed by atoms with van der Waals surface area (Å²) >= 11 is 1.61. The van der Waals surface area contributed by atoms with Gasteiger partial charge >= 0.3 is 5.97 Å². The topological polar surface area (TPSA) is 59.4 Å². The maximum Gasteiger partial charge on any atom is 0.303 e. The van der Waals surface area contributed by atoms with Crippen LogP contribution >= 0.6 is 11.3 Å². The average Bonchev–Trinajstić information content (AvgIpc) is 2.95. The summed E-state index contributed by atoms with van der Waals surface area (Å²) in [6.45, 7) is 9.82. The molecule has 0 saturated carbocycles. The van der Waals surface area contributed by atoms with E-state index in [1.807, 2.05) is 25.3 Å². The lowest BCUT2D eigenvalue weighted by atomic mass is 10.0. The van der Waals surface area contributed by atoms with Crippen LogP contribution in [0.2, 0.25) is 0 Å². The van der Waals surface area contributed by atoms with Crippen molar-refractivity contribution in [2.45, 2.75) is 66.4 Å². The number of nitrogens with zero attached hydrogens (tertiary/aromatic N) is 1. The zero-order valence-corrected chi connectivity index (χ0v) is 16.9. The molecule has 4 nitrogen and oxygen atoms in total. The fraction of sp³-hybridized carbons (Fsp3) is 0.600. The highest BCUT2D eigenvalue weighted by atomic mass is 32.1. The van der Waals surface area contributed by atoms with Gasteiger partial charge in [-0.15, -0.1) is 11.3 Å². The molecule has 0 radical (unpaired) electrons. The Labute approximate surface area is 155 Å². The van der Waals surface area contributed by atoms with Crippen LogP contribution in [0.4, 0.5) is 0 Å². The van der Waals surface area contributed by atoms with Crippen molar-refractivity contribution in [1.29, 1.82) is 0 Å². The third-order valence-corrected chi connectivity index (χ3v) is 4.88. The highest BCUT2D eigenvalue weighted by Crippen LogP contribution is 2.19. The van der Waals surface area contributed by atoms with Gasteiger partial charge in [-0.3, -0.25) is 4.79 Å². The number of allylic oxidation sites excluding steroid dienone is 1. The van der Waals surface area contributed by atoms with Gasteiger partial charge in [0, 0.05) is 25.3 Å². The lowest BCUT2D eigenvalue weighted by molar-refractivity contribution is -0.144. The molecule has 5 heteroatoms. The third kappa shape index (κ3) is 8.98. The smallest absolute Gasteiger partial charge is 0.303 e. The number of carbonyl (C=O) groups excluding carboxylic acids is 1. The summed E-state index contributed by atoms with van der Waals surface area (Å²) in [7, 11) is 0. The van der Waals surface area contributed by atoms with Crippen molar-refractivity contribution in [3.8, 4) is 0 Å². The summed E-state index contributed by atoms with van der Waals surface area (Å²) < 4.78 is 5.49. The Morgan fingerprint density at radius 2 is 2.12 bits per heavy atom. The predicted octanol–water partition coefficient (Wildman–Crippen LogP) is 4.92. The van der Waals surface area contributed by atoms with Gasteiger partial charge in [0.1, 0.15) is 6.10 Å². The van der Waals surface area contributed by atoms with Crippen molar-refractivity contribution in [3.63, 3.8) is 0 Å². The summed E-state index contributed by atoms with van der Waals surface area (Å²) in [5, 5.41) is 12.1. The molecule has 0 fully saturated rings. The number of aryl methyl sites for hydroxylation is 1. The van der Waals surface area contributed by atoms with Gasteiger partial charge in [0.15, 0.2) is 0 Å². The highest BCUT2D eigenvalue weighted by Gasteiger charge is 2.14. The van der Waals surface area contributed by atoms with Crippen LogP contribution in [-0.2, 0) is 9.53 Å². The average molecular weight is 366 g/mol. The number of esters is 1. The third-order valence-electron chi connectivity index (χ3n) is 4.09. The Morgan fingerprint density at radius 3 is 2.68 bits per heavy atom. The van der Waals surface area contributed by atoms with Crippen LogP contribution in [0.5, 0.6) is 0 Å². The SMILES string of the molecule is CC(=O)OC(C/C=C(\C)CCCC(C)CO)/C(C)=C/c1csc(C)n1. The van der Waals surface area contributed by atoms with E-state index in [9.17, 15) is 4.79 Å². The Hall–Kier alpha value is -1.46. The van der Waals surface area contributed by atoms with Gasteiger partial charge in [0.2, 0.25) is 0 Å². The molecule has 0 aliphatic carbocycles. The molecule has 1 N–H and O–H groups in total. The number of aliphatic hydroxyl groups excluding tert-OH is 1. The van der Waals surface area contributed by atoms with Gasteiger partial charge in [-0.1, -0.05) is 18.6 Å². The minimum Gasteiger partial charge on any atom is -0.458 e. The van der Waals surface area contributed by atoms with E-state index < -0.39 is 0 Å². The van der Waals surface area contributed by atoms with E-state index in [1.165, 1.54) is 12.5 Å². The van der Waals surface area contributed by atoms with E-state index in [0.29, 0.717) is 12.3 Å². The summed E-state index contributed by atoms with van der Waals surface area (Å²) in [4.78, 5) is 15.9. The second-order valence-electron chi connectivity index (χ2n) is 6.74. The summed E-state index contributed by atoms with van der Waals surface area (Å²) in [5.74, 6) is 0.0865. The molecule has 1 aromatic rings. The van der Waals surface area contributed by atoms with Gasteiger partial charge in [0.25, 0.3) is 0 Å². The number of rotatable bonds is 10. The predicted molar refractivity (Wildman–Crippen MR) is 105 cm³/mol. The largest absolute Gasteiger partial charge is 0.458 e. The van der Waals surface area contributed by atoms with Crippen LogP contribution in [0.1, 0.15) is 64.1 Å². The van der Waals surface area contributed by atoms with Crippen molar-refractivity contribution in [2.24, 2.45) is 5.92 Å². The normalized spacial score (nSPS) is 15.1. The Balaban J connectivity index is 2.67. The molecule has 0 aliphatic rings. The summed E-state index contributed by atoms with van der Waals surface area (Å²) in [6.07, 6.45) is 7.65. The number of aliphatic hydroxyl groups is 1. The number of aromatic nitrogens is 1. The Kier molecular flexibility index (Phi) is 9.68. The number of hydrogen-bond donors (Lipinski definition) is 1. The second kappa shape index (κ2) is 11.2. The van der Waals surface area contributed by atoms with Gasteiger partial charge in [-0.05, 0) is 57.6 Å². The van der Waals surface area contributed by atoms with E-state index in [4.69, 9.17) is 9.84 Å². The molecule has 1 heterocycles. The molecule has 1 aromatic heterocycles. The van der Waals surface area contributed by atoms with Crippen LogP contribution in [-0.4, -0.2) is 28.8 Å². The number of thiazole rings is 1. The number of carbonyl (C=O) groups is 1. The van der Waals surface area contributed by atoms with E-state index >= 15 is 0 Å². The summed E-state index contributed by atoms with van der Waals surface area (Å²) in [5.41, 5.74) is 3.20. The molecular weight excluding hydrogens is 334 g/mol. The van der Waals surface area contributed by atoms with Gasteiger partial charge in [0.05, 0.1) is 10.7 Å². The van der Waals surface area contributed by atoms with Crippen molar-refractivity contribution >= 4 is 23.4 Å². The van der Waals surface area contributed by atoms with Crippen molar-refractivity contribution < 1.29 is 14.6 Å². The molecule has 2 unspecified atom stereocenters. The maximum absolute atomic E-state index is 11.4. The first-order valence-corrected chi connectivity index (χ1v) is 9.73. The van der Waals surface area contributed by atoms with Crippen LogP contribution in [0.25, 0.3) is 6.08 Å². The first-order chi connectivity index (χ1) is 11.8. The minimum absolute atomic E-state index is 0.247. The number of ether oxygens (including phenoxy) is 1.